The van der Waals surface area contributed by atoms with Gasteiger partial charge in [0.1, 0.15) is 18.1 Å². The number of aromatic amines is 1. The molecule has 34 heavy (non-hydrogen) atoms. The van der Waals surface area contributed by atoms with Crippen molar-refractivity contribution in [2.24, 2.45) is 5.73 Å². The molecule has 8 N–H and O–H groups in total. The molecule has 0 aliphatic heterocycles. The van der Waals surface area contributed by atoms with Gasteiger partial charge in [-0.05, 0) is 37.0 Å². The van der Waals surface area contributed by atoms with Gasteiger partial charge < -0.3 is 36.9 Å². The minimum Gasteiger partial charge on any atom is -0.480 e. The Morgan fingerprint density at radius 1 is 1.09 bits per heavy atom. The zero-order chi connectivity index (χ0) is 25.3. The third-order valence-corrected chi connectivity index (χ3v) is 5.87. The Morgan fingerprint density at radius 3 is 2.41 bits per heavy atom. The minimum atomic E-state index is -1.43. The SMILES string of the molecule is CSCCC(NC(=O)CN)C(=O)NC(C(=O)NC(Cc1c[nH]c2ccccc12)C(=O)O)C(C)O. The molecule has 0 saturated carbocycles. The molecule has 2 rings (SSSR count). The van der Waals surface area contributed by atoms with Gasteiger partial charge in [0.2, 0.25) is 17.7 Å². The number of benzene rings is 1. The highest BCUT2D eigenvalue weighted by atomic mass is 32.2. The highest BCUT2D eigenvalue weighted by Crippen LogP contribution is 2.19. The van der Waals surface area contributed by atoms with E-state index in [2.05, 4.69) is 20.9 Å². The summed E-state index contributed by atoms with van der Waals surface area (Å²) in [6.07, 6.45) is 2.47. The number of nitrogens with two attached hydrogens (primary N) is 1. The lowest BCUT2D eigenvalue weighted by Crippen LogP contribution is -2.59. The first-order valence-electron chi connectivity index (χ1n) is 10.7. The largest absolute Gasteiger partial charge is 0.480 e. The van der Waals surface area contributed by atoms with E-state index in [0.717, 1.165) is 10.9 Å². The summed E-state index contributed by atoms with van der Waals surface area (Å²) in [7, 11) is 0. The molecule has 0 saturated heterocycles. The molecule has 1 aromatic carbocycles. The lowest BCUT2D eigenvalue weighted by molar-refractivity contribution is -0.143. The van der Waals surface area contributed by atoms with Crippen molar-refractivity contribution < 1.29 is 29.4 Å². The Morgan fingerprint density at radius 2 is 1.79 bits per heavy atom. The predicted molar refractivity (Wildman–Crippen MR) is 129 cm³/mol. The molecule has 0 aliphatic rings. The molecule has 1 aromatic heterocycles. The van der Waals surface area contributed by atoms with Crippen molar-refractivity contribution in [3.63, 3.8) is 0 Å². The van der Waals surface area contributed by atoms with E-state index in [1.807, 2.05) is 30.5 Å². The van der Waals surface area contributed by atoms with Crippen LogP contribution in [0.1, 0.15) is 18.9 Å². The smallest absolute Gasteiger partial charge is 0.326 e. The Hall–Kier alpha value is -3.09. The van der Waals surface area contributed by atoms with Gasteiger partial charge >= 0.3 is 5.97 Å². The van der Waals surface area contributed by atoms with Crippen molar-refractivity contribution >= 4 is 46.4 Å². The maximum Gasteiger partial charge on any atom is 0.326 e. The third kappa shape index (κ3) is 7.47. The van der Waals surface area contributed by atoms with Crippen LogP contribution in [-0.4, -0.2) is 81.7 Å². The molecule has 0 spiro atoms. The van der Waals surface area contributed by atoms with Crippen LogP contribution in [-0.2, 0) is 25.6 Å². The van der Waals surface area contributed by atoms with Crippen molar-refractivity contribution in [2.45, 2.75) is 44.0 Å². The molecule has 3 amide bonds. The number of aliphatic hydroxyl groups is 1. The maximum atomic E-state index is 12.9. The van der Waals surface area contributed by atoms with Crippen molar-refractivity contribution in [1.82, 2.24) is 20.9 Å². The fourth-order valence-electron chi connectivity index (χ4n) is 3.40. The Bertz CT molecular complexity index is 1010. The number of aliphatic carboxylic acids is 1. The molecular formula is C22H31N5O6S. The highest BCUT2D eigenvalue weighted by molar-refractivity contribution is 7.98. The summed E-state index contributed by atoms with van der Waals surface area (Å²) in [6, 6.07) is 3.67. The monoisotopic (exact) mass is 493 g/mol. The van der Waals surface area contributed by atoms with Crippen LogP contribution in [0, 0.1) is 0 Å². The van der Waals surface area contributed by atoms with Gasteiger partial charge in [0.05, 0.1) is 12.6 Å². The average Bonchev–Trinajstić information content (AvgIpc) is 3.21. The van der Waals surface area contributed by atoms with Gasteiger partial charge in [-0.25, -0.2) is 4.79 Å². The second-order valence-corrected chi connectivity index (χ2v) is 8.78. The number of amides is 3. The first kappa shape index (κ1) is 27.2. The molecule has 12 heteroatoms. The van der Waals surface area contributed by atoms with Gasteiger partial charge in [-0.15, -0.1) is 0 Å². The number of para-hydroxylation sites is 1. The van der Waals surface area contributed by atoms with E-state index in [1.165, 1.54) is 18.7 Å². The van der Waals surface area contributed by atoms with Crippen LogP contribution in [0.25, 0.3) is 10.9 Å². The Labute approximate surface area is 201 Å². The molecule has 0 bridgehead atoms. The first-order valence-corrected chi connectivity index (χ1v) is 12.1. The van der Waals surface area contributed by atoms with E-state index in [-0.39, 0.29) is 19.4 Å². The van der Waals surface area contributed by atoms with Gasteiger partial charge in [0.15, 0.2) is 0 Å². The van der Waals surface area contributed by atoms with E-state index < -0.39 is 47.9 Å². The van der Waals surface area contributed by atoms with Gasteiger partial charge in [0.25, 0.3) is 0 Å². The van der Waals surface area contributed by atoms with Gasteiger partial charge in [-0.1, -0.05) is 18.2 Å². The van der Waals surface area contributed by atoms with E-state index in [9.17, 15) is 29.4 Å². The topological polar surface area (TPSA) is 187 Å². The van der Waals surface area contributed by atoms with E-state index in [0.29, 0.717) is 11.3 Å². The van der Waals surface area contributed by atoms with Crippen LogP contribution in [0.3, 0.4) is 0 Å². The Kier molecular flexibility index (Phi) is 10.4. The van der Waals surface area contributed by atoms with Gasteiger partial charge in [-0.3, -0.25) is 14.4 Å². The lowest BCUT2D eigenvalue weighted by atomic mass is 10.0. The van der Waals surface area contributed by atoms with E-state index in [1.54, 1.807) is 6.20 Å². The fraction of sp³-hybridized carbons (Fsp3) is 0.455. The van der Waals surface area contributed by atoms with Crippen LogP contribution in [0.4, 0.5) is 0 Å². The summed E-state index contributed by atoms with van der Waals surface area (Å²) < 4.78 is 0. The molecule has 4 atom stereocenters. The zero-order valence-electron chi connectivity index (χ0n) is 19.0. The number of hydrogen-bond donors (Lipinski definition) is 7. The summed E-state index contributed by atoms with van der Waals surface area (Å²) in [6.45, 7) is 0.993. The quantitative estimate of drug-likeness (QED) is 0.192. The second kappa shape index (κ2) is 13.0. The molecule has 186 valence electrons. The van der Waals surface area contributed by atoms with Crippen molar-refractivity contribution in [2.75, 3.05) is 18.6 Å². The number of fused-ring (bicyclic) bond motifs is 1. The van der Waals surface area contributed by atoms with Gasteiger partial charge in [-0.2, -0.15) is 11.8 Å². The molecule has 2 aromatic rings. The number of rotatable bonds is 13. The maximum absolute atomic E-state index is 12.9. The first-order chi connectivity index (χ1) is 16.2. The number of hydrogen-bond acceptors (Lipinski definition) is 7. The molecule has 11 nitrogen and oxygen atoms in total. The van der Waals surface area contributed by atoms with Gasteiger partial charge in [0, 0.05) is 23.5 Å². The number of H-pyrrole nitrogens is 1. The van der Waals surface area contributed by atoms with Crippen LogP contribution in [0.2, 0.25) is 0 Å². The minimum absolute atomic E-state index is 0.00549. The fourth-order valence-corrected chi connectivity index (χ4v) is 3.87. The molecular weight excluding hydrogens is 462 g/mol. The predicted octanol–water partition coefficient (Wildman–Crippen LogP) is -0.658. The standard InChI is InChI=1S/C22H31N5O6S/c1-12(28)19(27-20(30)16(7-8-34-2)25-18(29)10-23)21(31)26-17(22(32)33)9-13-11-24-15-6-4-3-5-14(13)15/h3-6,11-12,16-17,19,24,28H,7-10,23H2,1-2H3,(H,25,29)(H,26,31)(H,27,30)(H,32,33). The molecule has 0 radical (unpaired) electrons. The molecule has 1 heterocycles. The summed E-state index contributed by atoms with van der Waals surface area (Å²) in [5, 5.41) is 27.9. The number of carboxylic acid groups (broad SMARTS) is 1. The average molecular weight is 494 g/mol. The second-order valence-electron chi connectivity index (χ2n) is 7.80. The molecule has 4 unspecified atom stereocenters. The van der Waals surface area contributed by atoms with Crippen LogP contribution < -0.4 is 21.7 Å². The Balaban J connectivity index is 2.13. The van der Waals surface area contributed by atoms with Crippen LogP contribution >= 0.6 is 11.8 Å². The zero-order valence-corrected chi connectivity index (χ0v) is 19.9. The number of nitrogens with one attached hydrogen (secondary N) is 4. The number of thioether (sulfide) groups is 1. The highest BCUT2D eigenvalue weighted by Gasteiger charge is 2.32. The van der Waals surface area contributed by atoms with Crippen molar-refractivity contribution in [1.29, 1.82) is 0 Å². The third-order valence-electron chi connectivity index (χ3n) is 5.22. The molecule has 0 aliphatic carbocycles. The number of carbonyl (C=O) groups is 4. The summed E-state index contributed by atoms with van der Waals surface area (Å²) >= 11 is 1.47. The van der Waals surface area contributed by atoms with E-state index in [4.69, 9.17) is 5.73 Å². The van der Waals surface area contributed by atoms with Crippen LogP contribution in [0.15, 0.2) is 30.5 Å². The summed E-state index contributed by atoms with van der Waals surface area (Å²) in [5.74, 6) is -2.78. The number of aliphatic hydroxyl groups excluding tert-OH is 1. The van der Waals surface area contributed by atoms with Crippen LogP contribution in [0.5, 0.6) is 0 Å². The van der Waals surface area contributed by atoms with Crippen molar-refractivity contribution in [3.8, 4) is 0 Å². The lowest BCUT2D eigenvalue weighted by Gasteiger charge is -2.26. The normalized spacial score (nSPS) is 14.6. The van der Waals surface area contributed by atoms with E-state index >= 15 is 0 Å². The van der Waals surface area contributed by atoms with Crippen molar-refractivity contribution in [3.05, 3.63) is 36.0 Å². The summed E-state index contributed by atoms with van der Waals surface area (Å²) in [4.78, 5) is 52.2. The number of carboxylic acids is 1. The number of carbonyl (C=O) groups excluding carboxylic acids is 3. The number of aromatic nitrogens is 1. The summed E-state index contributed by atoms with van der Waals surface area (Å²) in [5.41, 5.74) is 6.84. The molecule has 0 fully saturated rings.